The fourth-order valence-electron chi connectivity index (χ4n) is 2.28. The molecule has 1 heterocycles. The second-order valence-electron chi connectivity index (χ2n) is 4.62. The van der Waals surface area contributed by atoms with Crippen molar-refractivity contribution in [3.63, 3.8) is 0 Å². The van der Waals surface area contributed by atoms with Crippen LogP contribution in [0.15, 0.2) is 36.4 Å². The van der Waals surface area contributed by atoms with Crippen molar-refractivity contribution in [2.75, 3.05) is 0 Å². The SMILES string of the molecule is CC(Cl)c1nc2cccc(Cl)c2n1-c1ccc(F)cc1F. The van der Waals surface area contributed by atoms with Gasteiger partial charge < -0.3 is 0 Å². The van der Waals surface area contributed by atoms with Gasteiger partial charge in [0.05, 0.1) is 27.1 Å². The smallest absolute Gasteiger partial charge is 0.150 e. The summed E-state index contributed by atoms with van der Waals surface area (Å²) in [5.74, 6) is -0.898. The number of imidazole rings is 1. The third-order valence-electron chi connectivity index (χ3n) is 3.16. The number of fused-ring (bicyclic) bond motifs is 1. The lowest BCUT2D eigenvalue weighted by Gasteiger charge is -2.12. The van der Waals surface area contributed by atoms with Gasteiger partial charge in [-0.2, -0.15) is 0 Å². The zero-order chi connectivity index (χ0) is 15.1. The molecule has 1 atom stereocenters. The molecule has 6 heteroatoms. The summed E-state index contributed by atoms with van der Waals surface area (Å²) in [5, 5.41) is -0.0368. The lowest BCUT2D eigenvalue weighted by atomic mass is 10.2. The zero-order valence-corrected chi connectivity index (χ0v) is 12.5. The largest absolute Gasteiger partial charge is 0.291 e. The highest BCUT2D eigenvalue weighted by Crippen LogP contribution is 2.33. The summed E-state index contributed by atoms with van der Waals surface area (Å²) in [4.78, 5) is 4.40. The third-order valence-corrected chi connectivity index (χ3v) is 3.66. The quantitative estimate of drug-likeness (QED) is 0.587. The van der Waals surface area contributed by atoms with Crippen LogP contribution in [-0.2, 0) is 0 Å². The molecule has 0 fully saturated rings. The van der Waals surface area contributed by atoms with E-state index in [9.17, 15) is 8.78 Å². The summed E-state index contributed by atoms with van der Waals surface area (Å²) < 4.78 is 28.8. The fraction of sp³-hybridized carbons (Fsp3) is 0.133. The van der Waals surface area contributed by atoms with E-state index in [4.69, 9.17) is 23.2 Å². The molecule has 21 heavy (non-hydrogen) atoms. The van der Waals surface area contributed by atoms with E-state index in [1.165, 1.54) is 16.7 Å². The maximum atomic E-state index is 14.1. The van der Waals surface area contributed by atoms with Gasteiger partial charge in [-0.1, -0.05) is 17.7 Å². The Balaban J connectivity index is 2.41. The number of nitrogens with zero attached hydrogens (tertiary/aromatic N) is 2. The Morgan fingerprint density at radius 3 is 2.62 bits per heavy atom. The molecule has 2 nitrogen and oxygen atoms in total. The molecule has 0 aliphatic carbocycles. The maximum absolute atomic E-state index is 14.1. The Bertz CT molecular complexity index is 828. The van der Waals surface area contributed by atoms with Crippen LogP contribution in [-0.4, -0.2) is 9.55 Å². The van der Waals surface area contributed by atoms with Crippen molar-refractivity contribution >= 4 is 34.2 Å². The van der Waals surface area contributed by atoms with Crippen LogP contribution in [0.5, 0.6) is 0 Å². The van der Waals surface area contributed by atoms with Gasteiger partial charge >= 0.3 is 0 Å². The van der Waals surface area contributed by atoms with Crippen LogP contribution < -0.4 is 0 Å². The summed E-state index contributed by atoms with van der Waals surface area (Å²) >= 11 is 12.4. The summed E-state index contributed by atoms with van der Waals surface area (Å²) in [5.41, 5.74) is 1.32. The van der Waals surface area contributed by atoms with Crippen LogP contribution in [0.25, 0.3) is 16.7 Å². The lowest BCUT2D eigenvalue weighted by Crippen LogP contribution is -2.04. The molecule has 0 radical (unpaired) electrons. The first-order valence-electron chi connectivity index (χ1n) is 6.25. The van der Waals surface area contributed by atoms with Crippen LogP contribution >= 0.6 is 23.2 Å². The van der Waals surface area contributed by atoms with E-state index in [1.54, 1.807) is 25.1 Å². The van der Waals surface area contributed by atoms with Crippen molar-refractivity contribution in [1.29, 1.82) is 0 Å². The number of benzene rings is 2. The minimum Gasteiger partial charge on any atom is -0.291 e. The second-order valence-corrected chi connectivity index (χ2v) is 5.69. The molecule has 0 saturated carbocycles. The summed E-state index contributed by atoms with van der Waals surface area (Å²) in [6.45, 7) is 1.73. The molecule has 0 saturated heterocycles. The Kier molecular flexibility index (Phi) is 3.59. The van der Waals surface area contributed by atoms with Crippen molar-refractivity contribution < 1.29 is 8.78 Å². The molecule has 0 bridgehead atoms. The van der Waals surface area contributed by atoms with Gasteiger partial charge in [-0.15, -0.1) is 11.6 Å². The Labute approximate surface area is 129 Å². The van der Waals surface area contributed by atoms with E-state index in [-0.39, 0.29) is 5.69 Å². The molecule has 0 amide bonds. The van der Waals surface area contributed by atoms with Crippen LogP contribution in [0.2, 0.25) is 5.02 Å². The third kappa shape index (κ3) is 2.39. The average Bonchev–Trinajstić information content (AvgIpc) is 2.80. The number of halogens is 4. The van der Waals surface area contributed by atoms with Crippen LogP contribution in [0.4, 0.5) is 8.78 Å². The lowest BCUT2D eigenvalue weighted by molar-refractivity contribution is 0.577. The first-order valence-corrected chi connectivity index (χ1v) is 7.07. The minimum absolute atomic E-state index is 0.162. The number of hydrogen-bond donors (Lipinski definition) is 0. The molecule has 0 aliphatic heterocycles. The molecule has 108 valence electrons. The van der Waals surface area contributed by atoms with Gasteiger partial charge in [-0.25, -0.2) is 13.8 Å². The number of hydrogen-bond acceptors (Lipinski definition) is 1. The van der Waals surface area contributed by atoms with E-state index in [0.717, 1.165) is 6.07 Å². The van der Waals surface area contributed by atoms with Crippen molar-refractivity contribution in [1.82, 2.24) is 9.55 Å². The van der Waals surface area contributed by atoms with Crippen molar-refractivity contribution in [2.24, 2.45) is 0 Å². The Morgan fingerprint density at radius 2 is 1.95 bits per heavy atom. The predicted molar refractivity (Wildman–Crippen MR) is 80.3 cm³/mol. The molecule has 0 spiro atoms. The average molecular weight is 327 g/mol. The molecule has 3 aromatic rings. The Morgan fingerprint density at radius 1 is 1.19 bits per heavy atom. The molecule has 0 aliphatic rings. The van der Waals surface area contributed by atoms with E-state index in [1.807, 2.05) is 0 Å². The standard InChI is InChI=1S/C15H10Cl2F2N2/c1-8(16)15-20-12-4-2-3-10(17)14(12)21(15)13-6-5-9(18)7-11(13)19/h2-8H,1H3. The van der Waals surface area contributed by atoms with Gasteiger partial charge in [0.2, 0.25) is 0 Å². The van der Waals surface area contributed by atoms with Crippen LogP contribution in [0.3, 0.4) is 0 Å². The fourth-order valence-corrected chi connectivity index (χ4v) is 2.68. The van der Waals surface area contributed by atoms with Crippen molar-refractivity contribution in [2.45, 2.75) is 12.3 Å². The number of rotatable bonds is 2. The minimum atomic E-state index is -0.701. The molecular weight excluding hydrogens is 317 g/mol. The first kappa shape index (κ1) is 14.3. The maximum Gasteiger partial charge on any atom is 0.150 e. The van der Waals surface area contributed by atoms with Crippen molar-refractivity contribution in [3.8, 4) is 5.69 Å². The van der Waals surface area contributed by atoms with E-state index < -0.39 is 17.0 Å². The van der Waals surface area contributed by atoms with Gasteiger partial charge in [-0.05, 0) is 31.2 Å². The summed E-state index contributed by atoms with van der Waals surface area (Å²) in [6, 6.07) is 8.56. The van der Waals surface area contributed by atoms with E-state index in [0.29, 0.717) is 21.9 Å². The molecular formula is C15H10Cl2F2N2. The van der Waals surface area contributed by atoms with Gasteiger partial charge in [0.15, 0.2) is 0 Å². The highest BCUT2D eigenvalue weighted by Gasteiger charge is 2.20. The molecule has 3 rings (SSSR count). The van der Waals surface area contributed by atoms with Crippen LogP contribution in [0.1, 0.15) is 18.1 Å². The normalized spacial score (nSPS) is 12.8. The Hall–Kier alpha value is -1.65. The van der Waals surface area contributed by atoms with Gasteiger partial charge in [0.1, 0.15) is 17.5 Å². The molecule has 1 aromatic heterocycles. The monoisotopic (exact) mass is 326 g/mol. The summed E-state index contributed by atoms with van der Waals surface area (Å²) in [7, 11) is 0. The molecule has 1 unspecified atom stereocenters. The van der Waals surface area contributed by atoms with Gasteiger partial charge in [0, 0.05) is 6.07 Å². The van der Waals surface area contributed by atoms with Crippen LogP contribution in [0, 0.1) is 11.6 Å². The predicted octanol–water partition coefficient (Wildman–Crippen LogP) is 5.26. The number of alkyl halides is 1. The van der Waals surface area contributed by atoms with Gasteiger partial charge in [0.25, 0.3) is 0 Å². The van der Waals surface area contributed by atoms with Gasteiger partial charge in [-0.3, -0.25) is 4.57 Å². The van der Waals surface area contributed by atoms with Crippen molar-refractivity contribution in [3.05, 3.63) is 58.9 Å². The second kappa shape index (κ2) is 5.28. The zero-order valence-electron chi connectivity index (χ0n) is 10.9. The van der Waals surface area contributed by atoms with E-state index in [2.05, 4.69) is 4.98 Å². The summed E-state index contributed by atoms with van der Waals surface area (Å²) in [6.07, 6.45) is 0. The molecule has 0 N–H and O–H groups in total. The van der Waals surface area contributed by atoms with E-state index >= 15 is 0 Å². The first-order chi connectivity index (χ1) is 9.99. The highest BCUT2D eigenvalue weighted by molar-refractivity contribution is 6.35. The number of aromatic nitrogens is 2. The highest BCUT2D eigenvalue weighted by atomic mass is 35.5. The number of para-hydroxylation sites is 1. The molecule has 2 aromatic carbocycles. The topological polar surface area (TPSA) is 17.8 Å².